The molecule has 0 unspecified atom stereocenters. The number of carbonyl (C=O) groups excluding carboxylic acids is 1. The highest BCUT2D eigenvalue weighted by Crippen LogP contribution is 2.38. The molecule has 2 aromatic carbocycles. The van der Waals surface area contributed by atoms with Gasteiger partial charge in [-0.2, -0.15) is 5.10 Å². The summed E-state index contributed by atoms with van der Waals surface area (Å²) in [5.41, 5.74) is 1.09. The maximum absolute atomic E-state index is 12.6. The van der Waals surface area contributed by atoms with Crippen molar-refractivity contribution in [2.45, 2.75) is 6.54 Å². The zero-order chi connectivity index (χ0) is 19.5. The van der Waals surface area contributed by atoms with Gasteiger partial charge in [-0.15, -0.1) is 0 Å². The van der Waals surface area contributed by atoms with Gasteiger partial charge in [-0.05, 0) is 11.6 Å². The van der Waals surface area contributed by atoms with Crippen LogP contribution in [0.25, 0.3) is 0 Å². The molecule has 1 aliphatic rings. The summed E-state index contributed by atoms with van der Waals surface area (Å²) in [6, 6.07) is 15.3. The lowest BCUT2D eigenvalue weighted by Crippen LogP contribution is -2.26. The molecule has 1 N–H and O–H groups in total. The van der Waals surface area contributed by atoms with Gasteiger partial charge >= 0.3 is 0 Å². The molecule has 0 spiro atoms. The number of nitrogens with zero attached hydrogens (tertiary/aromatic N) is 2. The highest BCUT2D eigenvalue weighted by Gasteiger charge is 2.18. The number of fused-ring (bicyclic) bond motifs is 1. The number of rotatable bonds is 4. The molecular formula is C20H16ClN3O4. The molecule has 0 aliphatic carbocycles. The molecule has 142 valence electrons. The smallest absolute Gasteiger partial charge is 0.276 e. The van der Waals surface area contributed by atoms with Gasteiger partial charge in [0.25, 0.3) is 11.5 Å². The Kier molecular flexibility index (Phi) is 4.99. The van der Waals surface area contributed by atoms with Crippen molar-refractivity contribution in [1.29, 1.82) is 0 Å². The van der Waals surface area contributed by atoms with E-state index in [1.54, 1.807) is 12.1 Å². The van der Waals surface area contributed by atoms with E-state index in [1.807, 2.05) is 30.3 Å². The van der Waals surface area contributed by atoms with E-state index in [0.29, 0.717) is 35.4 Å². The van der Waals surface area contributed by atoms with Crippen LogP contribution in [-0.4, -0.2) is 28.9 Å². The first-order valence-electron chi connectivity index (χ1n) is 8.63. The number of carbonyl (C=O) groups is 1. The zero-order valence-corrected chi connectivity index (χ0v) is 15.5. The number of hydrogen-bond donors (Lipinski definition) is 1. The van der Waals surface area contributed by atoms with E-state index in [1.165, 1.54) is 16.8 Å². The van der Waals surface area contributed by atoms with Crippen molar-refractivity contribution in [2.24, 2.45) is 0 Å². The van der Waals surface area contributed by atoms with E-state index >= 15 is 0 Å². The Morgan fingerprint density at radius 1 is 1.07 bits per heavy atom. The number of anilines is 1. The second-order valence-corrected chi connectivity index (χ2v) is 6.54. The van der Waals surface area contributed by atoms with Gasteiger partial charge in [0.1, 0.15) is 18.9 Å². The maximum Gasteiger partial charge on any atom is 0.276 e. The highest BCUT2D eigenvalue weighted by molar-refractivity contribution is 6.34. The minimum Gasteiger partial charge on any atom is -0.486 e. The fraction of sp³-hybridized carbons (Fsp3) is 0.150. The fourth-order valence-corrected chi connectivity index (χ4v) is 2.99. The van der Waals surface area contributed by atoms with E-state index in [9.17, 15) is 9.59 Å². The van der Waals surface area contributed by atoms with Crippen LogP contribution in [0.2, 0.25) is 5.02 Å². The summed E-state index contributed by atoms with van der Waals surface area (Å²) in [4.78, 5) is 24.7. The number of benzene rings is 2. The average Bonchev–Trinajstić information content (AvgIpc) is 2.71. The zero-order valence-electron chi connectivity index (χ0n) is 14.7. The standard InChI is InChI=1S/C20H16ClN3O4/c21-14-10-17-18(28-9-8-27-17)11-16(14)22-20(26)15-6-7-19(25)24(23-15)12-13-4-2-1-3-5-13/h1-7,10-11H,8-9,12H2,(H,22,26). The van der Waals surface area contributed by atoms with Crippen LogP contribution in [0.5, 0.6) is 11.5 Å². The number of hydrogen-bond acceptors (Lipinski definition) is 5. The molecule has 0 saturated carbocycles. The summed E-state index contributed by atoms with van der Waals surface area (Å²) in [5.74, 6) is 0.553. The molecule has 2 heterocycles. The lowest BCUT2D eigenvalue weighted by atomic mass is 10.2. The van der Waals surface area contributed by atoms with Gasteiger partial charge in [-0.1, -0.05) is 41.9 Å². The van der Waals surface area contributed by atoms with Crippen LogP contribution < -0.4 is 20.3 Å². The van der Waals surface area contributed by atoms with Gasteiger partial charge < -0.3 is 14.8 Å². The van der Waals surface area contributed by atoms with Crippen LogP contribution >= 0.6 is 11.6 Å². The van der Waals surface area contributed by atoms with Crippen molar-refractivity contribution in [2.75, 3.05) is 18.5 Å². The van der Waals surface area contributed by atoms with Gasteiger partial charge in [-0.3, -0.25) is 9.59 Å². The summed E-state index contributed by atoms with van der Waals surface area (Å²) in [5, 5.41) is 7.19. The molecule has 1 amide bonds. The molecule has 8 heteroatoms. The van der Waals surface area contributed by atoms with Gasteiger partial charge in [0.2, 0.25) is 0 Å². The number of nitrogens with one attached hydrogen (secondary N) is 1. The van der Waals surface area contributed by atoms with E-state index in [4.69, 9.17) is 21.1 Å². The van der Waals surface area contributed by atoms with Gasteiger partial charge in [0, 0.05) is 18.2 Å². The largest absolute Gasteiger partial charge is 0.486 e. The topological polar surface area (TPSA) is 82.5 Å². The van der Waals surface area contributed by atoms with Crippen molar-refractivity contribution in [3.63, 3.8) is 0 Å². The van der Waals surface area contributed by atoms with E-state index in [2.05, 4.69) is 10.4 Å². The third-order valence-electron chi connectivity index (χ3n) is 4.15. The Morgan fingerprint density at radius 3 is 2.54 bits per heavy atom. The lowest BCUT2D eigenvalue weighted by Gasteiger charge is -2.20. The minimum absolute atomic E-state index is 0.0986. The van der Waals surface area contributed by atoms with Crippen LogP contribution in [0.4, 0.5) is 5.69 Å². The molecule has 1 aliphatic heterocycles. The number of amides is 1. The SMILES string of the molecule is O=C(Nc1cc2c(cc1Cl)OCCO2)c1ccc(=O)n(Cc2ccccc2)n1. The van der Waals surface area contributed by atoms with E-state index < -0.39 is 5.91 Å². The monoisotopic (exact) mass is 397 g/mol. The van der Waals surface area contributed by atoms with E-state index in [-0.39, 0.29) is 17.8 Å². The molecular weight excluding hydrogens is 382 g/mol. The van der Waals surface area contributed by atoms with Gasteiger partial charge in [0.05, 0.1) is 17.3 Å². The number of halogens is 1. The molecule has 0 bridgehead atoms. The third-order valence-corrected chi connectivity index (χ3v) is 4.47. The van der Waals surface area contributed by atoms with Crippen LogP contribution in [-0.2, 0) is 6.54 Å². The number of ether oxygens (including phenoxy) is 2. The first-order valence-corrected chi connectivity index (χ1v) is 9.00. The minimum atomic E-state index is -0.486. The summed E-state index contributed by atoms with van der Waals surface area (Å²) in [6.07, 6.45) is 0. The second-order valence-electron chi connectivity index (χ2n) is 6.13. The molecule has 0 saturated heterocycles. The predicted molar refractivity (Wildman–Crippen MR) is 104 cm³/mol. The van der Waals surface area contributed by atoms with Gasteiger partial charge in [-0.25, -0.2) is 4.68 Å². The van der Waals surface area contributed by atoms with Gasteiger partial charge in [0.15, 0.2) is 11.5 Å². The van der Waals surface area contributed by atoms with Crippen LogP contribution in [0.1, 0.15) is 16.1 Å². The Morgan fingerprint density at radius 2 is 1.79 bits per heavy atom. The van der Waals surface area contributed by atoms with Crippen LogP contribution in [0.3, 0.4) is 0 Å². The molecule has 0 radical (unpaired) electrons. The Labute approximate surface area is 165 Å². The lowest BCUT2D eigenvalue weighted by molar-refractivity contribution is 0.102. The molecule has 0 atom stereocenters. The van der Waals surface area contributed by atoms with Crippen molar-refractivity contribution in [3.8, 4) is 11.5 Å². The molecule has 1 aromatic heterocycles. The first kappa shape index (κ1) is 18.1. The normalized spacial score (nSPS) is 12.5. The Bertz CT molecular complexity index is 1080. The summed E-state index contributed by atoms with van der Waals surface area (Å²) in [7, 11) is 0. The molecule has 4 rings (SSSR count). The fourth-order valence-electron chi connectivity index (χ4n) is 2.79. The molecule has 3 aromatic rings. The van der Waals surface area contributed by atoms with Crippen molar-refractivity contribution in [1.82, 2.24) is 9.78 Å². The molecule has 7 nitrogen and oxygen atoms in total. The van der Waals surface area contributed by atoms with E-state index in [0.717, 1.165) is 5.56 Å². The van der Waals surface area contributed by atoms with Crippen LogP contribution in [0.15, 0.2) is 59.4 Å². The van der Waals surface area contributed by atoms with Crippen molar-refractivity contribution < 1.29 is 14.3 Å². The summed E-state index contributed by atoms with van der Waals surface area (Å²) >= 11 is 6.23. The Hall–Kier alpha value is -3.32. The Balaban J connectivity index is 1.57. The second kappa shape index (κ2) is 7.74. The van der Waals surface area contributed by atoms with Crippen molar-refractivity contribution >= 4 is 23.2 Å². The number of aromatic nitrogens is 2. The quantitative estimate of drug-likeness (QED) is 0.731. The molecule has 0 fully saturated rings. The highest BCUT2D eigenvalue weighted by atomic mass is 35.5. The molecule has 28 heavy (non-hydrogen) atoms. The summed E-state index contributed by atoms with van der Waals surface area (Å²) in [6.45, 7) is 1.14. The third kappa shape index (κ3) is 3.84. The predicted octanol–water partition coefficient (Wildman–Crippen LogP) is 2.97. The average molecular weight is 398 g/mol. The van der Waals surface area contributed by atoms with Crippen LogP contribution in [0, 0.1) is 0 Å². The first-order chi connectivity index (χ1) is 13.6. The maximum atomic E-state index is 12.6. The summed E-state index contributed by atoms with van der Waals surface area (Å²) < 4.78 is 12.2. The van der Waals surface area contributed by atoms with Crippen molar-refractivity contribution in [3.05, 3.63) is 81.2 Å².